The summed E-state index contributed by atoms with van der Waals surface area (Å²) < 4.78 is 5.80. The number of rotatable bonds is 9. The Morgan fingerprint density at radius 2 is 1.63 bits per heavy atom. The van der Waals surface area contributed by atoms with E-state index >= 15 is 0 Å². The van der Waals surface area contributed by atoms with E-state index in [0.29, 0.717) is 6.10 Å². The van der Waals surface area contributed by atoms with E-state index < -0.39 is 0 Å². The number of ether oxygens (including phenoxy) is 1. The van der Waals surface area contributed by atoms with Crippen LogP contribution >= 0.6 is 0 Å². The Kier molecular flexibility index (Phi) is 7.71. The molecule has 1 fully saturated rings. The lowest BCUT2D eigenvalue weighted by atomic mass is 9.79. The van der Waals surface area contributed by atoms with Gasteiger partial charge in [-0.1, -0.05) is 60.7 Å². The smallest absolute Gasteiger partial charge is 0.0574 e. The van der Waals surface area contributed by atoms with Crippen molar-refractivity contribution in [3.63, 3.8) is 0 Å². The SMILES string of the molecule is C=CC1CCC(CC(CCCc2ccc(-c3ccccc3)cc2)OC)CC1. The molecule has 0 N–H and O–H groups in total. The minimum absolute atomic E-state index is 0.416. The first kappa shape index (κ1) is 19.9. The minimum Gasteiger partial charge on any atom is -0.381 e. The average molecular weight is 363 g/mol. The van der Waals surface area contributed by atoms with Gasteiger partial charge in [0.2, 0.25) is 0 Å². The molecule has 0 amide bonds. The standard InChI is InChI=1S/C26H34O/c1-3-21-12-14-23(15-13-21)20-26(27-2)11-7-8-22-16-18-25(19-17-22)24-9-5-4-6-10-24/h3-6,9-10,16-19,21,23,26H,1,7-8,11-15,20H2,2H3. The van der Waals surface area contributed by atoms with Crippen LogP contribution in [0.25, 0.3) is 11.1 Å². The van der Waals surface area contributed by atoms with Crippen molar-refractivity contribution in [3.05, 3.63) is 72.8 Å². The molecule has 27 heavy (non-hydrogen) atoms. The van der Waals surface area contributed by atoms with Gasteiger partial charge in [0.25, 0.3) is 0 Å². The molecule has 1 unspecified atom stereocenters. The molecule has 2 aromatic carbocycles. The molecule has 0 aliphatic heterocycles. The fraction of sp³-hybridized carbons (Fsp3) is 0.462. The van der Waals surface area contributed by atoms with Gasteiger partial charge in [0.1, 0.15) is 0 Å². The first-order valence-corrected chi connectivity index (χ1v) is 10.6. The maximum atomic E-state index is 5.80. The van der Waals surface area contributed by atoms with Crippen LogP contribution in [-0.4, -0.2) is 13.2 Å². The zero-order valence-corrected chi connectivity index (χ0v) is 16.8. The Labute approximate surface area is 165 Å². The molecule has 1 saturated carbocycles. The third kappa shape index (κ3) is 6.07. The minimum atomic E-state index is 0.416. The van der Waals surface area contributed by atoms with Gasteiger partial charge in [-0.25, -0.2) is 0 Å². The van der Waals surface area contributed by atoms with Crippen LogP contribution in [0.2, 0.25) is 0 Å². The molecule has 2 aromatic rings. The molecule has 0 aromatic heterocycles. The summed E-state index contributed by atoms with van der Waals surface area (Å²) in [6, 6.07) is 19.6. The van der Waals surface area contributed by atoms with Crippen molar-refractivity contribution in [2.75, 3.05) is 7.11 Å². The van der Waals surface area contributed by atoms with E-state index in [0.717, 1.165) is 18.3 Å². The van der Waals surface area contributed by atoms with Gasteiger partial charge in [0.05, 0.1) is 6.10 Å². The van der Waals surface area contributed by atoms with E-state index in [4.69, 9.17) is 4.74 Å². The molecule has 1 aliphatic carbocycles. The molecule has 0 saturated heterocycles. The summed E-state index contributed by atoms with van der Waals surface area (Å²) in [5.41, 5.74) is 4.01. The Morgan fingerprint density at radius 1 is 0.963 bits per heavy atom. The molecule has 1 nitrogen and oxygen atoms in total. The third-order valence-electron chi connectivity index (χ3n) is 6.21. The van der Waals surface area contributed by atoms with Crippen LogP contribution in [0.1, 0.15) is 50.5 Å². The Balaban J connectivity index is 1.42. The second-order valence-electron chi connectivity index (χ2n) is 8.07. The van der Waals surface area contributed by atoms with Gasteiger partial charge in [-0.3, -0.25) is 0 Å². The molecule has 1 aliphatic rings. The monoisotopic (exact) mass is 362 g/mol. The molecule has 0 spiro atoms. The van der Waals surface area contributed by atoms with Gasteiger partial charge in [0, 0.05) is 7.11 Å². The Morgan fingerprint density at radius 3 is 2.26 bits per heavy atom. The maximum Gasteiger partial charge on any atom is 0.0574 e. The summed E-state index contributed by atoms with van der Waals surface area (Å²) in [7, 11) is 1.88. The molecule has 1 atom stereocenters. The van der Waals surface area contributed by atoms with Crippen molar-refractivity contribution in [2.45, 2.75) is 57.5 Å². The first-order chi connectivity index (χ1) is 13.3. The summed E-state index contributed by atoms with van der Waals surface area (Å²) in [4.78, 5) is 0. The van der Waals surface area contributed by atoms with Crippen LogP contribution in [0.4, 0.5) is 0 Å². The van der Waals surface area contributed by atoms with E-state index in [2.05, 4.69) is 67.3 Å². The highest BCUT2D eigenvalue weighted by atomic mass is 16.5. The lowest BCUT2D eigenvalue weighted by Crippen LogP contribution is -2.20. The quantitative estimate of drug-likeness (QED) is 0.433. The van der Waals surface area contributed by atoms with E-state index in [1.807, 2.05) is 7.11 Å². The first-order valence-electron chi connectivity index (χ1n) is 10.6. The van der Waals surface area contributed by atoms with Crippen LogP contribution in [-0.2, 0) is 11.2 Å². The second kappa shape index (κ2) is 10.5. The van der Waals surface area contributed by atoms with E-state index in [9.17, 15) is 0 Å². The topological polar surface area (TPSA) is 9.23 Å². The summed E-state index contributed by atoms with van der Waals surface area (Å²) in [6.45, 7) is 3.95. The molecule has 0 radical (unpaired) electrons. The fourth-order valence-corrected chi connectivity index (χ4v) is 4.39. The number of methoxy groups -OCH3 is 1. The van der Waals surface area contributed by atoms with Crippen molar-refractivity contribution in [1.82, 2.24) is 0 Å². The van der Waals surface area contributed by atoms with Gasteiger partial charge in [-0.15, -0.1) is 6.58 Å². The predicted molar refractivity (Wildman–Crippen MR) is 116 cm³/mol. The highest BCUT2D eigenvalue weighted by molar-refractivity contribution is 5.63. The van der Waals surface area contributed by atoms with E-state index in [1.165, 1.54) is 61.6 Å². The van der Waals surface area contributed by atoms with Crippen molar-refractivity contribution in [2.24, 2.45) is 11.8 Å². The number of hydrogen-bond donors (Lipinski definition) is 0. The molecule has 144 valence electrons. The highest BCUT2D eigenvalue weighted by Gasteiger charge is 2.22. The predicted octanol–water partition coefficient (Wildman–Crippen LogP) is 7.07. The number of allylic oxidation sites excluding steroid dienone is 1. The Hall–Kier alpha value is -1.86. The average Bonchev–Trinajstić information content (AvgIpc) is 2.74. The maximum absolute atomic E-state index is 5.80. The van der Waals surface area contributed by atoms with Crippen LogP contribution in [0.5, 0.6) is 0 Å². The normalized spacial score (nSPS) is 20.9. The number of hydrogen-bond acceptors (Lipinski definition) is 1. The summed E-state index contributed by atoms with van der Waals surface area (Å²) >= 11 is 0. The van der Waals surface area contributed by atoms with Gasteiger partial charge >= 0.3 is 0 Å². The Bertz CT molecular complexity index is 665. The number of aryl methyl sites for hydroxylation is 1. The van der Waals surface area contributed by atoms with Crippen LogP contribution < -0.4 is 0 Å². The third-order valence-corrected chi connectivity index (χ3v) is 6.21. The molecule has 1 heteroatoms. The van der Waals surface area contributed by atoms with E-state index in [-0.39, 0.29) is 0 Å². The largest absolute Gasteiger partial charge is 0.381 e. The van der Waals surface area contributed by atoms with E-state index in [1.54, 1.807) is 0 Å². The lowest BCUT2D eigenvalue weighted by Gasteiger charge is -2.29. The number of benzene rings is 2. The molecule has 0 bridgehead atoms. The van der Waals surface area contributed by atoms with Gasteiger partial charge < -0.3 is 4.74 Å². The van der Waals surface area contributed by atoms with Crippen LogP contribution in [0.15, 0.2) is 67.3 Å². The summed E-state index contributed by atoms with van der Waals surface area (Å²) in [5, 5.41) is 0. The van der Waals surface area contributed by atoms with Crippen LogP contribution in [0.3, 0.4) is 0 Å². The molecular formula is C26H34O. The highest BCUT2D eigenvalue weighted by Crippen LogP contribution is 2.33. The van der Waals surface area contributed by atoms with Gasteiger partial charge in [-0.2, -0.15) is 0 Å². The fourth-order valence-electron chi connectivity index (χ4n) is 4.39. The zero-order valence-electron chi connectivity index (χ0n) is 16.8. The van der Waals surface area contributed by atoms with Crippen molar-refractivity contribution in [1.29, 1.82) is 0 Å². The zero-order chi connectivity index (χ0) is 18.9. The van der Waals surface area contributed by atoms with Crippen molar-refractivity contribution >= 4 is 0 Å². The van der Waals surface area contributed by atoms with Gasteiger partial charge in [0.15, 0.2) is 0 Å². The summed E-state index contributed by atoms with van der Waals surface area (Å²) in [5.74, 6) is 1.59. The lowest BCUT2D eigenvalue weighted by molar-refractivity contribution is 0.0636. The van der Waals surface area contributed by atoms with Crippen LogP contribution in [0, 0.1) is 11.8 Å². The van der Waals surface area contributed by atoms with Crippen molar-refractivity contribution < 1.29 is 4.74 Å². The van der Waals surface area contributed by atoms with Crippen molar-refractivity contribution in [3.8, 4) is 11.1 Å². The molecule has 3 rings (SSSR count). The summed E-state index contributed by atoms with van der Waals surface area (Å²) in [6.07, 6.45) is 12.6. The molecular weight excluding hydrogens is 328 g/mol. The van der Waals surface area contributed by atoms with Gasteiger partial charge in [-0.05, 0) is 79.9 Å². The second-order valence-corrected chi connectivity index (χ2v) is 8.07. The molecule has 0 heterocycles.